The number of nitrogens with zero attached hydrogens (tertiary/aromatic N) is 2. The third-order valence-electron chi connectivity index (χ3n) is 3.25. The van der Waals surface area contributed by atoms with Crippen LogP contribution in [0.3, 0.4) is 0 Å². The van der Waals surface area contributed by atoms with Crippen LogP contribution in [0, 0.1) is 0 Å². The van der Waals surface area contributed by atoms with Crippen molar-refractivity contribution in [2.24, 2.45) is 0 Å². The van der Waals surface area contributed by atoms with Gasteiger partial charge in [-0.15, -0.1) is 6.58 Å². The molecule has 2 nitrogen and oxygen atoms in total. The van der Waals surface area contributed by atoms with Crippen LogP contribution in [-0.2, 0) is 0 Å². The molecule has 1 fully saturated rings. The maximum atomic E-state index is 3.79. The molecule has 2 aliphatic rings. The lowest BCUT2D eigenvalue weighted by atomic mass is 10.0. The van der Waals surface area contributed by atoms with Crippen LogP contribution in [0.5, 0.6) is 0 Å². The number of hydrogen-bond acceptors (Lipinski definition) is 2. The molecule has 0 aliphatic carbocycles. The van der Waals surface area contributed by atoms with E-state index in [1.807, 2.05) is 6.08 Å². The van der Waals surface area contributed by atoms with Gasteiger partial charge in [-0.1, -0.05) is 18.2 Å². The minimum Gasteiger partial charge on any atom is -0.370 e. The quantitative estimate of drug-likeness (QED) is 0.649. The van der Waals surface area contributed by atoms with Gasteiger partial charge in [0.1, 0.15) is 0 Å². The summed E-state index contributed by atoms with van der Waals surface area (Å²) < 4.78 is 0. The molecule has 0 bridgehead atoms. The first-order valence-electron chi connectivity index (χ1n) is 5.74. The molecule has 1 atom stereocenters. The van der Waals surface area contributed by atoms with Crippen LogP contribution < -0.4 is 0 Å². The largest absolute Gasteiger partial charge is 0.370 e. The fourth-order valence-electron chi connectivity index (χ4n) is 2.45. The third-order valence-corrected chi connectivity index (χ3v) is 3.25. The van der Waals surface area contributed by atoms with Gasteiger partial charge in [-0.05, 0) is 32.0 Å². The Balaban J connectivity index is 2.06. The van der Waals surface area contributed by atoms with Gasteiger partial charge < -0.3 is 4.90 Å². The van der Waals surface area contributed by atoms with E-state index in [4.69, 9.17) is 0 Å². The lowest BCUT2D eigenvalue weighted by Gasteiger charge is -2.27. The first kappa shape index (κ1) is 10.5. The summed E-state index contributed by atoms with van der Waals surface area (Å²) in [6, 6.07) is 0.633. The predicted molar refractivity (Wildman–Crippen MR) is 64.6 cm³/mol. The SMILES string of the molecule is C=CCN1C=C(C2CCCN2C)C=CC1. The summed E-state index contributed by atoms with van der Waals surface area (Å²) in [5, 5.41) is 0. The van der Waals surface area contributed by atoms with Crippen LogP contribution in [0.1, 0.15) is 12.8 Å². The van der Waals surface area contributed by atoms with Gasteiger partial charge in [-0.3, -0.25) is 4.90 Å². The van der Waals surface area contributed by atoms with Crippen molar-refractivity contribution in [3.05, 3.63) is 36.6 Å². The zero-order valence-electron chi connectivity index (χ0n) is 9.52. The summed E-state index contributed by atoms with van der Waals surface area (Å²) in [6.07, 6.45) is 11.4. The molecule has 1 saturated heterocycles. The lowest BCUT2D eigenvalue weighted by Crippen LogP contribution is -2.30. The summed E-state index contributed by atoms with van der Waals surface area (Å²) in [7, 11) is 2.22. The number of hydrogen-bond donors (Lipinski definition) is 0. The molecule has 2 rings (SSSR count). The molecule has 0 aromatic rings. The van der Waals surface area contributed by atoms with Crippen molar-refractivity contribution in [2.45, 2.75) is 18.9 Å². The van der Waals surface area contributed by atoms with Crippen molar-refractivity contribution < 1.29 is 0 Å². The van der Waals surface area contributed by atoms with Crippen molar-refractivity contribution in [1.29, 1.82) is 0 Å². The zero-order valence-corrected chi connectivity index (χ0v) is 9.52. The molecule has 0 radical (unpaired) electrons. The monoisotopic (exact) mass is 204 g/mol. The number of likely N-dealkylation sites (N-methyl/N-ethyl adjacent to an activating group) is 1. The van der Waals surface area contributed by atoms with Crippen molar-refractivity contribution in [3.63, 3.8) is 0 Å². The van der Waals surface area contributed by atoms with Crippen LogP contribution in [0.4, 0.5) is 0 Å². The second-order valence-corrected chi connectivity index (χ2v) is 4.41. The predicted octanol–water partition coefficient (Wildman–Crippen LogP) is 2.02. The second-order valence-electron chi connectivity index (χ2n) is 4.41. The van der Waals surface area contributed by atoms with Crippen molar-refractivity contribution in [2.75, 3.05) is 26.7 Å². The van der Waals surface area contributed by atoms with Gasteiger partial charge in [0, 0.05) is 25.3 Å². The van der Waals surface area contributed by atoms with Gasteiger partial charge in [0.15, 0.2) is 0 Å². The average molecular weight is 204 g/mol. The van der Waals surface area contributed by atoms with E-state index in [-0.39, 0.29) is 0 Å². The minimum atomic E-state index is 0.633. The minimum absolute atomic E-state index is 0.633. The molecule has 15 heavy (non-hydrogen) atoms. The molecule has 0 amide bonds. The fourth-order valence-corrected chi connectivity index (χ4v) is 2.45. The Morgan fingerprint density at radius 2 is 2.47 bits per heavy atom. The Hall–Kier alpha value is -1.02. The average Bonchev–Trinajstić information content (AvgIpc) is 2.65. The van der Waals surface area contributed by atoms with Crippen LogP contribution in [0.15, 0.2) is 36.6 Å². The summed E-state index contributed by atoms with van der Waals surface area (Å²) >= 11 is 0. The summed E-state index contributed by atoms with van der Waals surface area (Å²) in [5.74, 6) is 0. The third kappa shape index (κ3) is 2.32. The molecule has 82 valence electrons. The first-order chi connectivity index (χ1) is 7.31. The van der Waals surface area contributed by atoms with Crippen molar-refractivity contribution >= 4 is 0 Å². The van der Waals surface area contributed by atoms with E-state index >= 15 is 0 Å². The molecule has 0 N–H and O–H groups in total. The van der Waals surface area contributed by atoms with Gasteiger partial charge in [0.2, 0.25) is 0 Å². The van der Waals surface area contributed by atoms with E-state index in [2.05, 4.69) is 41.8 Å². The molecule has 0 aromatic carbocycles. The topological polar surface area (TPSA) is 6.48 Å². The molecule has 1 unspecified atom stereocenters. The Kier molecular flexibility index (Phi) is 3.27. The highest BCUT2D eigenvalue weighted by Crippen LogP contribution is 2.24. The van der Waals surface area contributed by atoms with E-state index in [1.165, 1.54) is 25.0 Å². The summed E-state index contributed by atoms with van der Waals surface area (Å²) in [5.41, 5.74) is 1.46. The highest BCUT2D eigenvalue weighted by atomic mass is 15.2. The molecule has 0 aromatic heterocycles. The smallest absolute Gasteiger partial charge is 0.0360 e. The van der Waals surface area contributed by atoms with E-state index in [0.29, 0.717) is 6.04 Å². The molecule has 2 heterocycles. The van der Waals surface area contributed by atoms with Crippen molar-refractivity contribution in [3.8, 4) is 0 Å². The van der Waals surface area contributed by atoms with Gasteiger partial charge >= 0.3 is 0 Å². The van der Waals surface area contributed by atoms with Crippen LogP contribution in [0.2, 0.25) is 0 Å². The number of likely N-dealkylation sites (tertiary alicyclic amines) is 1. The molecule has 2 heteroatoms. The van der Waals surface area contributed by atoms with E-state index in [1.54, 1.807) is 0 Å². The highest BCUT2D eigenvalue weighted by Gasteiger charge is 2.24. The van der Waals surface area contributed by atoms with E-state index in [0.717, 1.165) is 13.1 Å². The Morgan fingerprint density at radius 1 is 1.60 bits per heavy atom. The molecular formula is C13H20N2. The Morgan fingerprint density at radius 3 is 3.13 bits per heavy atom. The molecular weight excluding hydrogens is 184 g/mol. The number of rotatable bonds is 3. The van der Waals surface area contributed by atoms with Gasteiger partial charge in [0.05, 0.1) is 0 Å². The first-order valence-corrected chi connectivity index (χ1v) is 5.74. The van der Waals surface area contributed by atoms with Gasteiger partial charge in [-0.25, -0.2) is 0 Å². The van der Waals surface area contributed by atoms with Gasteiger partial charge in [0.25, 0.3) is 0 Å². The maximum Gasteiger partial charge on any atom is 0.0360 e. The molecule has 0 spiro atoms. The zero-order chi connectivity index (χ0) is 10.7. The fraction of sp³-hybridized carbons (Fsp3) is 0.538. The normalized spacial score (nSPS) is 26.9. The second kappa shape index (κ2) is 4.67. The Bertz CT molecular complexity index is 289. The summed E-state index contributed by atoms with van der Waals surface area (Å²) in [6.45, 7) is 6.99. The maximum absolute atomic E-state index is 3.79. The lowest BCUT2D eigenvalue weighted by molar-refractivity contribution is 0.340. The standard InChI is InChI=1S/C13H20N2/c1-3-8-15-10-4-6-12(11-15)13-7-5-9-14(13)2/h3-4,6,11,13H,1,5,7-10H2,2H3. The van der Waals surface area contributed by atoms with Crippen LogP contribution >= 0.6 is 0 Å². The highest BCUT2D eigenvalue weighted by molar-refractivity contribution is 5.28. The Labute approximate surface area is 92.6 Å². The van der Waals surface area contributed by atoms with E-state index < -0.39 is 0 Å². The van der Waals surface area contributed by atoms with Crippen LogP contribution in [0.25, 0.3) is 0 Å². The molecule has 2 aliphatic heterocycles. The van der Waals surface area contributed by atoms with Crippen LogP contribution in [-0.4, -0.2) is 42.5 Å². The van der Waals surface area contributed by atoms with Crippen molar-refractivity contribution in [1.82, 2.24) is 9.80 Å². The van der Waals surface area contributed by atoms with Gasteiger partial charge in [-0.2, -0.15) is 0 Å². The molecule has 0 saturated carbocycles. The summed E-state index contributed by atoms with van der Waals surface area (Å²) in [4.78, 5) is 4.77. The van der Waals surface area contributed by atoms with E-state index in [9.17, 15) is 0 Å².